The molecule has 2 heterocycles. The number of likely N-dealkylation sites (tertiary alicyclic amines) is 1. The zero-order valence-electron chi connectivity index (χ0n) is 11.3. The average molecular weight is 266 g/mol. The fourth-order valence-corrected chi connectivity index (χ4v) is 1.99. The van der Waals surface area contributed by atoms with E-state index in [1.165, 1.54) is 0 Å². The normalized spacial score (nSPS) is 19.2. The second-order valence-electron chi connectivity index (χ2n) is 4.43. The summed E-state index contributed by atoms with van der Waals surface area (Å²) in [7, 11) is 4.88. The summed E-state index contributed by atoms with van der Waals surface area (Å²) in [5, 5.41) is 3.21. The predicted octanol–water partition coefficient (Wildman–Crippen LogP) is 0.526. The summed E-state index contributed by atoms with van der Waals surface area (Å²) in [4.78, 5) is 21.5. The van der Waals surface area contributed by atoms with E-state index >= 15 is 0 Å². The van der Waals surface area contributed by atoms with Crippen LogP contribution in [0.15, 0.2) is 6.07 Å². The maximum Gasteiger partial charge on any atom is 0.229 e. The quantitative estimate of drug-likeness (QED) is 0.856. The molecule has 0 saturated carbocycles. The second-order valence-corrected chi connectivity index (χ2v) is 4.43. The van der Waals surface area contributed by atoms with Crippen molar-refractivity contribution in [2.45, 2.75) is 18.9 Å². The van der Waals surface area contributed by atoms with Gasteiger partial charge in [0.15, 0.2) is 0 Å². The molecule has 1 aliphatic heterocycles. The highest BCUT2D eigenvalue weighted by Crippen LogP contribution is 2.19. The Kier molecular flexibility index (Phi) is 4.03. The summed E-state index contributed by atoms with van der Waals surface area (Å²) in [5.41, 5.74) is 0. The van der Waals surface area contributed by atoms with Crippen molar-refractivity contribution < 1.29 is 14.3 Å². The number of carbonyl (C=O) groups excluding carboxylic acids is 1. The molecule has 19 heavy (non-hydrogen) atoms. The van der Waals surface area contributed by atoms with Crippen molar-refractivity contribution in [1.29, 1.82) is 0 Å². The van der Waals surface area contributed by atoms with Crippen LogP contribution in [0.25, 0.3) is 0 Å². The smallest absolute Gasteiger partial charge is 0.229 e. The van der Waals surface area contributed by atoms with Crippen LogP contribution in [0.5, 0.6) is 11.8 Å². The summed E-state index contributed by atoms with van der Waals surface area (Å²) in [6, 6.07) is 1.75. The van der Waals surface area contributed by atoms with E-state index in [2.05, 4.69) is 15.3 Å². The van der Waals surface area contributed by atoms with E-state index in [1.807, 2.05) is 0 Å². The van der Waals surface area contributed by atoms with E-state index in [1.54, 1.807) is 32.2 Å². The Morgan fingerprint density at radius 2 is 1.95 bits per heavy atom. The third-order valence-electron chi connectivity index (χ3n) is 3.06. The molecule has 0 spiro atoms. The second kappa shape index (κ2) is 5.73. The number of methoxy groups -OCH3 is 2. The Balaban J connectivity index is 2.08. The number of hydrogen-bond acceptors (Lipinski definition) is 6. The Hall–Kier alpha value is -2.05. The minimum absolute atomic E-state index is 0.138. The number of amides is 1. The number of anilines is 1. The van der Waals surface area contributed by atoms with Crippen LogP contribution < -0.4 is 14.8 Å². The van der Waals surface area contributed by atoms with Crippen molar-refractivity contribution in [3.63, 3.8) is 0 Å². The van der Waals surface area contributed by atoms with E-state index in [0.717, 1.165) is 6.42 Å². The van der Waals surface area contributed by atoms with Gasteiger partial charge < -0.3 is 19.7 Å². The van der Waals surface area contributed by atoms with Crippen molar-refractivity contribution in [3.8, 4) is 11.8 Å². The largest absolute Gasteiger partial charge is 0.481 e. The van der Waals surface area contributed by atoms with Gasteiger partial charge in [-0.2, -0.15) is 9.97 Å². The fraction of sp³-hybridized carbons (Fsp3) is 0.583. The highest BCUT2D eigenvalue weighted by molar-refractivity contribution is 5.76. The molecule has 104 valence electrons. The van der Waals surface area contributed by atoms with Gasteiger partial charge in [-0.25, -0.2) is 0 Å². The number of rotatable bonds is 4. The zero-order chi connectivity index (χ0) is 13.8. The van der Waals surface area contributed by atoms with Crippen LogP contribution in [0.2, 0.25) is 0 Å². The third-order valence-corrected chi connectivity index (χ3v) is 3.06. The van der Waals surface area contributed by atoms with Crippen LogP contribution >= 0.6 is 0 Å². The molecule has 1 N–H and O–H groups in total. The molecule has 1 aromatic rings. The SMILES string of the molecule is COc1cc(OC)nc(NC2CCC(=O)N(C)C2)n1. The van der Waals surface area contributed by atoms with Gasteiger partial charge in [0.1, 0.15) is 0 Å². The maximum atomic E-state index is 11.4. The van der Waals surface area contributed by atoms with E-state index in [4.69, 9.17) is 9.47 Å². The van der Waals surface area contributed by atoms with Crippen molar-refractivity contribution in [2.24, 2.45) is 0 Å². The van der Waals surface area contributed by atoms with Crippen LogP contribution in [-0.4, -0.2) is 54.6 Å². The lowest BCUT2D eigenvalue weighted by molar-refractivity contribution is -0.132. The van der Waals surface area contributed by atoms with E-state index in [0.29, 0.717) is 30.7 Å². The molecule has 0 radical (unpaired) electrons. The van der Waals surface area contributed by atoms with Crippen molar-refractivity contribution in [1.82, 2.24) is 14.9 Å². The Labute approximate surface area is 111 Å². The number of nitrogens with zero attached hydrogens (tertiary/aromatic N) is 3. The van der Waals surface area contributed by atoms with E-state index < -0.39 is 0 Å². The summed E-state index contributed by atoms with van der Waals surface area (Å²) >= 11 is 0. The molecule has 1 unspecified atom stereocenters. The first-order valence-corrected chi connectivity index (χ1v) is 6.10. The minimum Gasteiger partial charge on any atom is -0.481 e. The van der Waals surface area contributed by atoms with Crippen LogP contribution in [0, 0.1) is 0 Å². The van der Waals surface area contributed by atoms with Crippen LogP contribution in [0.4, 0.5) is 5.95 Å². The lowest BCUT2D eigenvalue weighted by Crippen LogP contribution is -2.43. The summed E-state index contributed by atoms with van der Waals surface area (Å²) < 4.78 is 10.2. The minimum atomic E-state index is 0.138. The standard InChI is InChI=1S/C12H18N4O3/c1-16-7-8(4-5-11(16)17)13-12-14-9(18-2)6-10(15-12)19-3/h6,8H,4-5,7H2,1-3H3,(H,13,14,15). The molecule has 7 nitrogen and oxygen atoms in total. The van der Waals surface area contributed by atoms with Crippen molar-refractivity contribution >= 4 is 11.9 Å². The molecule has 1 atom stereocenters. The number of ether oxygens (including phenoxy) is 2. The third kappa shape index (κ3) is 3.24. The highest BCUT2D eigenvalue weighted by Gasteiger charge is 2.23. The molecule has 1 aromatic heterocycles. The van der Waals surface area contributed by atoms with E-state index in [-0.39, 0.29) is 11.9 Å². The molecule has 0 bridgehead atoms. The first kappa shape index (κ1) is 13.4. The molecule has 0 aromatic carbocycles. The number of piperidine rings is 1. The lowest BCUT2D eigenvalue weighted by atomic mass is 10.1. The topological polar surface area (TPSA) is 76.6 Å². The van der Waals surface area contributed by atoms with Gasteiger partial charge in [0.05, 0.1) is 20.3 Å². The molecular formula is C12H18N4O3. The molecular weight excluding hydrogens is 248 g/mol. The summed E-state index contributed by atoms with van der Waals surface area (Å²) in [6.07, 6.45) is 1.31. The van der Waals surface area contributed by atoms with Crippen LogP contribution in [0.3, 0.4) is 0 Å². The molecule has 1 aliphatic rings. The van der Waals surface area contributed by atoms with Crippen molar-refractivity contribution in [2.75, 3.05) is 33.1 Å². The Morgan fingerprint density at radius 3 is 2.47 bits per heavy atom. The van der Waals surface area contributed by atoms with Gasteiger partial charge in [0.25, 0.3) is 0 Å². The number of likely N-dealkylation sites (N-methyl/N-ethyl adjacent to an activating group) is 1. The van der Waals surface area contributed by atoms with Gasteiger partial charge in [-0.05, 0) is 6.42 Å². The van der Waals surface area contributed by atoms with Crippen molar-refractivity contribution in [3.05, 3.63) is 6.07 Å². The number of aromatic nitrogens is 2. The number of nitrogens with one attached hydrogen (secondary N) is 1. The van der Waals surface area contributed by atoms with Gasteiger partial charge in [0, 0.05) is 26.1 Å². The molecule has 1 fully saturated rings. The molecule has 1 saturated heterocycles. The predicted molar refractivity (Wildman–Crippen MR) is 69.4 cm³/mol. The van der Waals surface area contributed by atoms with Crippen LogP contribution in [-0.2, 0) is 4.79 Å². The summed E-state index contributed by atoms with van der Waals surface area (Å²) in [6.45, 7) is 0.641. The molecule has 0 aliphatic carbocycles. The fourth-order valence-electron chi connectivity index (χ4n) is 1.99. The monoisotopic (exact) mass is 266 g/mol. The average Bonchev–Trinajstić information content (AvgIpc) is 2.42. The van der Waals surface area contributed by atoms with Gasteiger partial charge >= 0.3 is 0 Å². The Morgan fingerprint density at radius 1 is 1.32 bits per heavy atom. The first-order chi connectivity index (χ1) is 9.12. The number of hydrogen-bond donors (Lipinski definition) is 1. The molecule has 7 heteroatoms. The van der Waals surface area contributed by atoms with Gasteiger partial charge in [-0.1, -0.05) is 0 Å². The van der Waals surface area contributed by atoms with Gasteiger partial charge in [-0.3, -0.25) is 4.79 Å². The number of carbonyl (C=O) groups is 1. The molecule has 2 rings (SSSR count). The first-order valence-electron chi connectivity index (χ1n) is 6.10. The molecule has 1 amide bonds. The van der Waals surface area contributed by atoms with Gasteiger partial charge in [0.2, 0.25) is 23.6 Å². The zero-order valence-corrected chi connectivity index (χ0v) is 11.3. The van der Waals surface area contributed by atoms with Gasteiger partial charge in [-0.15, -0.1) is 0 Å². The maximum absolute atomic E-state index is 11.4. The van der Waals surface area contributed by atoms with Crippen LogP contribution in [0.1, 0.15) is 12.8 Å². The van der Waals surface area contributed by atoms with E-state index in [9.17, 15) is 4.79 Å². The lowest BCUT2D eigenvalue weighted by Gasteiger charge is -2.30. The summed E-state index contributed by atoms with van der Waals surface area (Å²) in [5.74, 6) is 1.50. The Bertz CT molecular complexity index is 444. The highest BCUT2D eigenvalue weighted by atomic mass is 16.5.